The van der Waals surface area contributed by atoms with Crippen LogP contribution in [0.1, 0.15) is 37.7 Å². The summed E-state index contributed by atoms with van der Waals surface area (Å²) < 4.78 is 0. The zero-order chi connectivity index (χ0) is 19.1. The molecule has 6 nitrogen and oxygen atoms in total. The molecule has 3 rings (SSSR count). The molecule has 0 saturated carbocycles. The molecule has 2 saturated heterocycles. The number of para-hydroxylation sites is 1. The van der Waals surface area contributed by atoms with Gasteiger partial charge in [-0.15, -0.1) is 24.8 Å². The van der Waals surface area contributed by atoms with E-state index in [1.165, 1.54) is 5.56 Å². The normalized spacial score (nSPS) is 20.9. The van der Waals surface area contributed by atoms with Gasteiger partial charge in [0.15, 0.2) is 0 Å². The largest absolute Gasteiger partial charge is 0.384 e. The van der Waals surface area contributed by atoms with Gasteiger partial charge in [0.25, 0.3) is 0 Å². The smallest absolute Gasteiger partial charge is 0.237 e. The Morgan fingerprint density at radius 3 is 2.69 bits per heavy atom. The number of anilines is 1. The minimum atomic E-state index is -0.0288. The van der Waals surface area contributed by atoms with E-state index in [1.807, 2.05) is 23.1 Å². The van der Waals surface area contributed by atoms with Crippen LogP contribution in [0.25, 0.3) is 0 Å². The molecule has 0 aromatic heterocycles. The fourth-order valence-electron chi connectivity index (χ4n) is 3.97. The summed E-state index contributed by atoms with van der Waals surface area (Å²) in [6, 6.07) is 8.09. The monoisotopic (exact) mass is 444 g/mol. The summed E-state index contributed by atoms with van der Waals surface area (Å²) >= 11 is 0. The third kappa shape index (κ3) is 7.68. The van der Waals surface area contributed by atoms with Crippen LogP contribution in [0.15, 0.2) is 24.3 Å². The van der Waals surface area contributed by atoms with E-state index in [2.05, 4.69) is 28.9 Å². The molecule has 2 fully saturated rings. The highest BCUT2D eigenvalue weighted by Gasteiger charge is 2.26. The van der Waals surface area contributed by atoms with Gasteiger partial charge in [-0.05, 0) is 56.7 Å². The van der Waals surface area contributed by atoms with Crippen molar-refractivity contribution in [2.45, 2.75) is 45.1 Å². The van der Waals surface area contributed by atoms with Gasteiger partial charge in [-0.25, -0.2) is 0 Å². The van der Waals surface area contributed by atoms with Gasteiger partial charge < -0.3 is 20.9 Å². The molecule has 0 spiro atoms. The Kier molecular flexibility index (Phi) is 11.4. The van der Waals surface area contributed by atoms with Gasteiger partial charge in [0.1, 0.15) is 0 Å². The standard InChI is InChI=1S/C21H32N4O2.2ClH/c1-16-6-2-3-8-18(16)23-12-10-20(26)25-13-5-7-17(15-25)14-24-21(27)19-9-4-11-22-19;;/h2-3,6,8,17,19,22-23H,4-5,7,9-15H2,1H3,(H,24,27);2*1H. The maximum Gasteiger partial charge on any atom is 0.237 e. The average molecular weight is 445 g/mol. The number of hydrogen-bond donors (Lipinski definition) is 3. The van der Waals surface area contributed by atoms with E-state index < -0.39 is 0 Å². The Bertz CT molecular complexity index is 653. The molecule has 164 valence electrons. The van der Waals surface area contributed by atoms with E-state index in [4.69, 9.17) is 0 Å². The van der Waals surface area contributed by atoms with E-state index in [-0.39, 0.29) is 42.7 Å². The predicted octanol–water partition coefficient (Wildman–Crippen LogP) is 2.75. The Morgan fingerprint density at radius 2 is 1.97 bits per heavy atom. The van der Waals surface area contributed by atoms with Gasteiger partial charge in [-0.1, -0.05) is 18.2 Å². The molecular formula is C21H34Cl2N4O2. The highest BCUT2D eigenvalue weighted by molar-refractivity contribution is 5.85. The predicted molar refractivity (Wildman–Crippen MR) is 122 cm³/mol. The second kappa shape index (κ2) is 12.9. The van der Waals surface area contributed by atoms with E-state index in [9.17, 15) is 9.59 Å². The number of likely N-dealkylation sites (tertiary alicyclic amines) is 1. The first-order valence-electron chi connectivity index (χ1n) is 10.2. The lowest BCUT2D eigenvalue weighted by atomic mass is 9.97. The van der Waals surface area contributed by atoms with Crippen LogP contribution < -0.4 is 16.0 Å². The number of nitrogens with zero attached hydrogens (tertiary/aromatic N) is 1. The highest BCUT2D eigenvalue weighted by Crippen LogP contribution is 2.18. The summed E-state index contributed by atoms with van der Waals surface area (Å²) in [6.45, 7) is 5.89. The molecule has 2 heterocycles. The van der Waals surface area contributed by atoms with Gasteiger partial charge in [-0.2, -0.15) is 0 Å². The van der Waals surface area contributed by atoms with Crippen LogP contribution in [0, 0.1) is 12.8 Å². The number of rotatable bonds is 7. The fourth-order valence-corrected chi connectivity index (χ4v) is 3.97. The van der Waals surface area contributed by atoms with E-state index >= 15 is 0 Å². The van der Waals surface area contributed by atoms with Crippen molar-refractivity contribution < 1.29 is 9.59 Å². The van der Waals surface area contributed by atoms with Gasteiger partial charge in [-0.3, -0.25) is 9.59 Å². The Labute approximate surface area is 186 Å². The van der Waals surface area contributed by atoms with Crippen molar-refractivity contribution in [3.63, 3.8) is 0 Å². The second-order valence-electron chi connectivity index (χ2n) is 7.73. The maximum atomic E-state index is 12.6. The lowest BCUT2D eigenvalue weighted by molar-refractivity contribution is -0.132. The molecule has 0 aliphatic carbocycles. The minimum absolute atomic E-state index is 0. The zero-order valence-corrected chi connectivity index (χ0v) is 18.7. The highest BCUT2D eigenvalue weighted by atomic mass is 35.5. The van der Waals surface area contributed by atoms with Gasteiger partial charge >= 0.3 is 0 Å². The lowest BCUT2D eigenvalue weighted by Crippen LogP contribution is -2.46. The summed E-state index contributed by atoms with van der Waals surface area (Å²) in [7, 11) is 0. The van der Waals surface area contributed by atoms with Crippen LogP contribution in [0.5, 0.6) is 0 Å². The molecule has 2 amide bonds. The van der Waals surface area contributed by atoms with Crippen LogP contribution in [-0.4, -0.2) is 55.5 Å². The Balaban J connectivity index is 0.00000210. The average Bonchev–Trinajstić information content (AvgIpc) is 3.23. The van der Waals surface area contributed by atoms with Crippen LogP contribution in [0.2, 0.25) is 0 Å². The van der Waals surface area contributed by atoms with Crippen LogP contribution in [0.3, 0.4) is 0 Å². The molecule has 2 atom stereocenters. The van der Waals surface area contributed by atoms with Crippen LogP contribution in [0.4, 0.5) is 5.69 Å². The molecule has 0 bridgehead atoms. The number of carbonyl (C=O) groups is 2. The summed E-state index contributed by atoms with van der Waals surface area (Å²) in [4.78, 5) is 26.7. The molecule has 1 aromatic rings. The van der Waals surface area contributed by atoms with Crippen molar-refractivity contribution >= 4 is 42.3 Å². The van der Waals surface area contributed by atoms with Crippen molar-refractivity contribution in [1.29, 1.82) is 0 Å². The summed E-state index contributed by atoms with van der Waals surface area (Å²) in [5.74, 6) is 0.667. The third-order valence-electron chi connectivity index (χ3n) is 5.61. The number of benzene rings is 1. The quantitative estimate of drug-likeness (QED) is 0.604. The molecule has 3 N–H and O–H groups in total. The number of piperidine rings is 1. The Morgan fingerprint density at radius 1 is 1.17 bits per heavy atom. The van der Waals surface area contributed by atoms with Crippen LogP contribution >= 0.6 is 24.8 Å². The van der Waals surface area contributed by atoms with E-state index in [1.54, 1.807) is 0 Å². The molecule has 2 aliphatic rings. The maximum absolute atomic E-state index is 12.6. The van der Waals surface area contributed by atoms with Crippen molar-refractivity contribution in [1.82, 2.24) is 15.5 Å². The summed E-state index contributed by atoms with van der Waals surface area (Å²) in [5.41, 5.74) is 2.28. The third-order valence-corrected chi connectivity index (χ3v) is 5.61. The topological polar surface area (TPSA) is 73.5 Å². The first-order valence-corrected chi connectivity index (χ1v) is 10.2. The lowest BCUT2D eigenvalue weighted by Gasteiger charge is -2.33. The van der Waals surface area contributed by atoms with E-state index in [0.29, 0.717) is 25.4 Å². The molecule has 0 radical (unpaired) electrons. The number of nitrogens with one attached hydrogen (secondary N) is 3. The number of hydrogen-bond acceptors (Lipinski definition) is 4. The number of aryl methyl sites for hydroxylation is 1. The van der Waals surface area contributed by atoms with Crippen molar-refractivity contribution in [2.24, 2.45) is 5.92 Å². The molecular weight excluding hydrogens is 411 g/mol. The van der Waals surface area contributed by atoms with Gasteiger partial charge in [0, 0.05) is 38.3 Å². The minimum Gasteiger partial charge on any atom is -0.384 e. The molecule has 8 heteroatoms. The number of halogens is 2. The summed E-state index contributed by atoms with van der Waals surface area (Å²) in [5, 5.41) is 9.66. The van der Waals surface area contributed by atoms with Crippen molar-refractivity contribution in [2.75, 3.05) is 38.0 Å². The first-order chi connectivity index (χ1) is 13.1. The summed E-state index contributed by atoms with van der Waals surface area (Å²) in [6.07, 6.45) is 4.58. The molecule has 29 heavy (non-hydrogen) atoms. The number of carbonyl (C=O) groups excluding carboxylic acids is 2. The Hall–Kier alpha value is -1.50. The van der Waals surface area contributed by atoms with Crippen LogP contribution in [-0.2, 0) is 9.59 Å². The molecule has 1 aromatic carbocycles. The van der Waals surface area contributed by atoms with Gasteiger partial charge in [0.2, 0.25) is 11.8 Å². The SMILES string of the molecule is Cc1ccccc1NCCC(=O)N1CCCC(CNC(=O)C2CCCN2)C1.Cl.Cl. The molecule has 2 unspecified atom stereocenters. The van der Waals surface area contributed by atoms with Crippen molar-refractivity contribution in [3.8, 4) is 0 Å². The van der Waals surface area contributed by atoms with Crippen molar-refractivity contribution in [3.05, 3.63) is 29.8 Å². The first kappa shape index (κ1) is 25.5. The van der Waals surface area contributed by atoms with Gasteiger partial charge in [0.05, 0.1) is 6.04 Å². The van der Waals surface area contributed by atoms with E-state index in [0.717, 1.165) is 51.0 Å². The number of amides is 2. The molecule has 2 aliphatic heterocycles. The zero-order valence-electron chi connectivity index (χ0n) is 17.1. The fraction of sp³-hybridized carbons (Fsp3) is 0.619. The second-order valence-corrected chi connectivity index (χ2v) is 7.73.